The van der Waals surface area contributed by atoms with Gasteiger partial charge in [-0.25, -0.2) is 0 Å². The predicted molar refractivity (Wildman–Crippen MR) is 225 cm³/mol. The zero-order chi connectivity index (χ0) is 34.6. The summed E-state index contributed by atoms with van der Waals surface area (Å²) in [6.45, 7) is 8.99. The molecule has 0 fully saturated rings. The Bertz CT molecular complexity index is 3090. The third kappa shape index (κ3) is 3.47. The largest absolute Gasteiger partial charge is 0.0616 e. The highest BCUT2D eigenvalue weighted by Crippen LogP contribution is 2.54. The summed E-state index contributed by atoms with van der Waals surface area (Å²) in [5.74, 6) is 0. The van der Waals surface area contributed by atoms with Gasteiger partial charge >= 0.3 is 0 Å². The monoisotopic (exact) mass is 658 g/mol. The van der Waals surface area contributed by atoms with Crippen LogP contribution < -0.4 is 0 Å². The minimum Gasteiger partial charge on any atom is -0.0616 e. The van der Waals surface area contributed by atoms with Crippen molar-refractivity contribution >= 4 is 64.6 Å². The predicted octanol–water partition coefficient (Wildman–Crippen LogP) is 14.8. The summed E-state index contributed by atoms with van der Waals surface area (Å²) in [5.41, 5.74) is 18.7. The van der Waals surface area contributed by atoms with Gasteiger partial charge in [0.25, 0.3) is 0 Å². The maximum atomic E-state index is 2.53. The number of hydrogen-bond donors (Lipinski definition) is 0. The van der Waals surface area contributed by atoms with Crippen molar-refractivity contribution in [2.45, 2.75) is 27.7 Å². The molecule has 2 aliphatic rings. The summed E-state index contributed by atoms with van der Waals surface area (Å²) in [6.07, 6.45) is 0. The Morgan fingerprint density at radius 1 is 0.250 bits per heavy atom. The molecule has 0 aromatic heterocycles. The lowest BCUT2D eigenvalue weighted by Gasteiger charge is -2.19. The van der Waals surface area contributed by atoms with E-state index in [9.17, 15) is 0 Å². The van der Waals surface area contributed by atoms with E-state index in [2.05, 4.69) is 161 Å². The summed E-state index contributed by atoms with van der Waals surface area (Å²) in [4.78, 5) is 0. The molecule has 0 nitrogen and oxygen atoms in total. The van der Waals surface area contributed by atoms with Crippen molar-refractivity contribution in [2.24, 2.45) is 0 Å². The van der Waals surface area contributed by atoms with Crippen LogP contribution >= 0.6 is 0 Å². The summed E-state index contributed by atoms with van der Waals surface area (Å²) in [7, 11) is 0. The van der Waals surface area contributed by atoms with Gasteiger partial charge in [-0.2, -0.15) is 0 Å². The van der Waals surface area contributed by atoms with Crippen molar-refractivity contribution in [3.8, 4) is 55.6 Å². The highest BCUT2D eigenvalue weighted by Gasteiger charge is 2.27. The SMILES string of the molecule is Cc1ccc2c(c1)c(-c1cc3c4ccc(C)c5c4c(cc3c3ccc(C)cc13)-c1ccccc1-5)cc1c3ccc(C)c4c3c(cc21)-c1ccccc1-4. The lowest BCUT2D eigenvalue weighted by Crippen LogP contribution is -1.92. The van der Waals surface area contributed by atoms with Gasteiger partial charge in [0, 0.05) is 0 Å². The normalized spacial score (nSPS) is 12.6. The molecule has 0 aliphatic heterocycles. The molecule has 0 saturated heterocycles. The van der Waals surface area contributed by atoms with Gasteiger partial charge < -0.3 is 0 Å². The van der Waals surface area contributed by atoms with E-state index in [0.29, 0.717) is 0 Å². The molecule has 12 rings (SSSR count). The van der Waals surface area contributed by atoms with Gasteiger partial charge in [-0.05, 0) is 183 Å². The van der Waals surface area contributed by atoms with Crippen LogP contribution in [0.5, 0.6) is 0 Å². The van der Waals surface area contributed by atoms with Crippen LogP contribution in [0.4, 0.5) is 0 Å². The average molecular weight is 659 g/mol. The fraction of sp³-hybridized carbons (Fsp3) is 0.0769. The number of hydrogen-bond acceptors (Lipinski definition) is 0. The zero-order valence-corrected chi connectivity index (χ0v) is 29.7. The summed E-state index contributed by atoms with van der Waals surface area (Å²) < 4.78 is 0. The first kappa shape index (κ1) is 28.5. The number of fused-ring (bicyclic) bond motifs is 14. The Morgan fingerprint density at radius 3 is 1.06 bits per heavy atom. The van der Waals surface area contributed by atoms with Crippen molar-refractivity contribution in [3.05, 3.63) is 156 Å². The molecule has 52 heavy (non-hydrogen) atoms. The molecule has 0 atom stereocenters. The standard InChI is InChI=1S/C52H34/c1-27-13-17-33-39(21-27)45(23-43-37-19-15-29(3)49-35-11-7-5-9-31(35)47(51(37)49)25-41(33)43)46-24-44-38-20-16-30(4)50-36-12-8-6-10-32(36)48(52(38)50)26-42(44)34-18-14-28(2)22-40(34)46/h5-26H,1-4H3. The van der Waals surface area contributed by atoms with Gasteiger partial charge in [-0.3, -0.25) is 0 Å². The van der Waals surface area contributed by atoms with Crippen molar-refractivity contribution in [1.82, 2.24) is 0 Å². The maximum Gasteiger partial charge on any atom is -0.00172 e. The highest BCUT2D eigenvalue weighted by molar-refractivity contribution is 6.32. The molecule has 242 valence electrons. The van der Waals surface area contributed by atoms with Crippen LogP contribution in [0, 0.1) is 27.7 Å². The van der Waals surface area contributed by atoms with Gasteiger partial charge in [0.15, 0.2) is 0 Å². The Morgan fingerprint density at radius 2 is 0.615 bits per heavy atom. The number of aryl methyl sites for hydroxylation is 4. The second-order valence-corrected chi connectivity index (χ2v) is 15.4. The Balaban J connectivity index is 1.27. The molecular formula is C52H34. The molecule has 2 aliphatic carbocycles. The van der Waals surface area contributed by atoms with Crippen LogP contribution in [-0.2, 0) is 0 Å². The van der Waals surface area contributed by atoms with E-state index in [4.69, 9.17) is 0 Å². The average Bonchev–Trinajstić information content (AvgIpc) is 3.68. The van der Waals surface area contributed by atoms with Crippen LogP contribution in [0.3, 0.4) is 0 Å². The van der Waals surface area contributed by atoms with E-state index < -0.39 is 0 Å². The van der Waals surface area contributed by atoms with E-state index in [0.717, 1.165) is 0 Å². The van der Waals surface area contributed by atoms with Gasteiger partial charge in [0.2, 0.25) is 0 Å². The van der Waals surface area contributed by atoms with Crippen LogP contribution in [-0.4, -0.2) is 0 Å². The molecule has 10 aromatic rings. The molecule has 0 N–H and O–H groups in total. The third-order valence-corrected chi connectivity index (χ3v) is 12.5. The van der Waals surface area contributed by atoms with E-state index in [1.54, 1.807) is 0 Å². The minimum atomic E-state index is 1.28. The van der Waals surface area contributed by atoms with Crippen molar-refractivity contribution in [2.75, 3.05) is 0 Å². The molecule has 0 amide bonds. The van der Waals surface area contributed by atoms with E-state index in [1.807, 2.05) is 0 Å². The van der Waals surface area contributed by atoms with Crippen molar-refractivity contribution < 1.29 is 0 Å². The Kier molecular flexibility index (Phi) is 5.34. The van der Waals surface area contributed by atoms with Crippen molar-refractivity contribution in [3.63, 3.8) is 0 Å². The van der Waals surface area contributed by atoms with Gasteiger partial charge in [-0.1, -0.05) is 120 Å². The van der Waals surface area contributed by atoms with Gasteiger partial charge in [0.05, 0.1) is 0 Å². The molecule has 0 heterocycles. The van der Waals surface area contributed by atoms with Crippen LogP contribution in [0.15, 0.2) is 133 Å². The first-order valence-corrected chi connectivity index (χ1v) is 18.5. The van der Waals surface area contributed by atoms with E-state index in [1.165, 1.54) is 143 Å². The molecule has 0 heteroatoms. The minimum absolute atomic E-state index is 1.28. The highest BCUT2D eigenvalue weighted by atomic mass is 14.3. The zero-order valence-electron chi connectivity index (χ0n) is 29.7. The molecular weight excluding hydrogens is 625 g/mol. The molecule has 0 unspecified atom stereocenters. The second kappa shape index (κ2) is 9.75. The van der Waals surface area contributed by atoms with Crippen LogP contribution in [0.2, 0.25) is 0 Å². The molecule has 0 spiro atoms. The Hall–Kier alpha value is -6.24. The molecule has 0 saturated carbocycles. The van der Waals surface area contributed by atoms with Crippen LogP contribution in [0.25, 0.3) is 120 Å². The first-order chi connectivity index (χ1) is 25.4. The van der Waals surface area contributed by atoms with Crippen LogP contribution in [0.1, 0.15) is 22.3 Å². The molecule has 0 radical (unpaired) electrons. The number of rotatable bonds is 1. The van der Waals surface area contributed by atoms with E-state index >= 15 is 0 Å². The summed E-state index contributed by atoms with van der Waals surface area (Å²) in [6, 6.07) is 51.6. The first-order valence-electron chi connectivity index (χ1n) is 18.5. The lowest BCUT2D eigenvalue weighted by molar-refractivity contribution is 1.50. The Labute approximate surface area is 302 Å². The summed E-state index contributed by atoms with van der Waals surface area (Å²) >= 11 is 0. The van der Waals surface area contributed by atoms with E-state index in [-0.39, 0.29) is 0 Å². The molecule has 0 bridgehead atoms. The van der Waals surface area contributed by atoms with Gasteiger partial charge in [-0.15, -0.1) is 0 Å². The fourth-order valence-electron chi connectivity index (χ4n) is 10.2. The smallest absolute Gasteiger partial charge is 0.00172 e. The van der Waals surface area contributed by atoms with Crippen molar-refractivity contribution in [1.29, 1.82) is 0 Å². The summed E-state index contributed by atoms with van der Waals surface area (Å²) in [5, 5.41) is 16.0. The van der Waals surface area contributed by atoms with Gasteiger partial charge in [0.1, 0.15) is 0 Å². The number of benzene rings is 10. The fourth-order valence-corrected chi connectivity index (χ4v) is 10.2. The quantitative estimate of drug-likeness (QED) is 0.154. The maximum absolute atomic E-state index is 2.53. The third-order valence-electron chi connectivity index (χ3n) is 12.5. The second-order valence-electron chi connectivity index (χ2n) is 15.4. The lowest BCUT2D eigenvalue weighted by atomic mass is 9.84. The topological polar surface area (TPSA) is 0 Å². The molecule has 10 aromatic carbocycles.